The van der Waals surface area contributed by atoms with E-state index in [2.05, 4.69) is 15.3 Å². The molecule has 0 bridgehead atoms. The first-order valence-electron chi connectivity index (χ1n) is 8.95. The Kier molecular flexibility index (Phi) is 4.47. The molecule has 0 spiro atoms. The number of nitrogen functional groups attached to an aromatic ring is 1. The summed E-state index contributed by atoms with van der Waals surface area (Å²) in [6.45, 7) is 0.689. The molecule has 148 valence electrons. The molecular weight excluding hydrogens is 382 g/mol. The molecule has 1 aliphatic carbocycles. The Balaban J connectivity index is 1.69. The maximum absolute atomic E-state index is 13.2. The Bertz CT molecular complexity index is 1010. The van der Waals surface area contributed by atoms with Crippen molar-refractivity contribution in [2.45, 2.75) is 29.3 Å². The van der Waals surface area contributed by atoms with Crippen molar-refractivity contribution in [1.82, 2.24) is 9.97 Å². The summed E-state index contributed by atoms with van der Waals surface area (Å²) >= 11 is 0. The molecule has 2 fully saturated rings. The van der Waals surface area contributed by atoms with Crippen LogP contribution in [0.25, 0.3) is 11.4 Å². The van der Waals surface area contributed by atoms with Gasteiger partial charge in [0.1, 0.15) is 10.6 Å². The Morgan fingerprint density at radius 2 is 1.93 bits per heavy atom. The standard InChI is InChI=1S/C18H21N5O4S/c19-15-9-14(18(6-7-18)28(25,26)13-5-8-27-10-13)22-16(23-15)11-1-3-12(4-2-11)21-17(20)24/h1-4,9,13H,5-8,10H2,(H2,19,22,23)(H3,20,21,24). The van der Waals surface area contributed by atoms with E-state index in [0.717, 1.165) is 0 Å². The van der Waals surface area contributed by atoms with Crippen molar-refractivity contribution in [2.75, 3.05) is 24.3 Å². The predicted molar refractivity (Wildman–Crippen MR) is 104 cm³/mol. The number of aromatic nitrogens is 2. The van der Waals surface area contributed by atoms with Crippen LogP contribution in [0.3, 0.4) is 0 Å². The lowest BCUT2D eigenvalue weighted by Gasteiger charge is -2.20. The highest BCUT2D eigenvalue weighted by atomic mass is 32.2. The van der Waals surface area contributed by atoms with Crippen LogP contribution in [0.5, 0.6) is 0 Å². The SMILES string of the molecule is NC(=O)Nc1ccc(-c2nc(N)cc(C3(S(=O)(=O)C4CCOC4)CC3)n2)cc1. The highest BCUT2D eigenvalue weighted by Gasteiger charge is 2.60. The van der Waals surface area contributed by atoms with E-state index in [0.29, 0.717) is 48.6 Å². The van der Waals surface area contributed by atoms with Crippen molar-refractivity contribution >= 4 is 27.4 Å². The second-order valence-electron chi connectivity index (χ2n) is 7.09. The van der Waals surface area contributed by atoms with Crippen molar-refractivity contribution < 1.29 is 17.9 Å². The molecule has 9 nitrogen and oxygen atoms in total. The fraction of sp³-hybridized carbons (Fsp3) is 0.389. The lowest BCUT2D eigenvalue weighted by Crippen LogP contribution is -2.33. The lowest BCUT2D eigenvalue weighted by molar-refractivity contribution is 0.198. The summed E-state index contributed by atoms with van der Waals surface area (Å²) in [6.07, 6.45) is 1.54. The van der Waals surface area contributed by atoms with E-state index in [-0.39, 0.29) is 12.4 Å². The van der Waals surface area contributed by atoms with Crippen LogP contribution in [0.1, 0.15) is 25.0 Å². The van der Waals surface area contributed by atoms with Gasteiger partial charge in [-0.2, -0.15) is 0 Å². The van der Waals surface area contributed by atoms with Crippen LogP contribution >= 0.6 is 0 Å². The highest BCUT2D eigenvalue weighted by Crippen LogP contribution is 2.54. The van der Waals surface area contributed by atoms with Gasteiger partial charge in [0.05, 0.1) is 17.6 Å². The number of hydrogen-bond donors (Lipinski definition) is 3. The first-order valence-corrected chi connectivity index (χ1v) is 10.5. The molecule has 0 radical (unpaired) electrons. The number of sulfone groups is 1. The van der Waals surface area contributed by atoms with Crippen molar-refractivity contribution in [3.63, 3.8) is 0 Å². The summed E-state index contributed by atoms with van der Waals surface area (Å²) in [5.41, 5.74) is 12.7. The third-order valence-electron chi connectivity index (χ3n) is 5.20. The molecule has 28 heavy (non-hydrogen) atoms. The summed E-state index contributed by atoms with van der Waals surface area (Å²) in [4.78, 5) is 19.7. The van der Waals surface area contributed by atoms with Crippen LogP contribution in [0.4, 0.5) is 16.3 Å². The van der Waals surface area contributed by atoms with Crippen LogP contribution in [-0.4, -0.2) is 42.9 Å². The monoisotopic (exact) mass is 403 g/mol. The highest BCUT2D eigenvalue weighted by molar-refractivity contribution is 7.93. The zero-order valence-electron chi connectivity index (χ0n) is 15.1. The topological polar surface area (TPSA) is 150 Å². The number of amides is 2. The van der Waals surface area contributed by atoms with Gasteiger partial charge >= 0.3 is 6.03 Å². The summed E-state index contributed by atoms with van der Waals surface area (Å²) in [5, 5.41) is 1.97. The Morgan fingerprint density at radius 3 is 2.50 bits per heavy atom. The predicted octanol–water partition coefficient (Wildman–Crippen LogP) is 1.41. The van der Waals surface area contributed by atoms with Gasteiger partial charge in [0.25, 0.3) is 0 Å². The van der Waals surface area contributed by atoms with E-state index in [1.165, 1.54) is 0 Å². The van der Waals surface area contributed by atoms with Crippen LogP contribution in [0.15, 0.2) is 30.3 Å². The minimum atomic E-state index is -3.45. The van der Waals surface area contributed by atoms with E-state index >= 15 is 0 Å². The van der Waals surface area contributed by atoms with Gasteiger partial charge in [-0.15, -0.1) is 0 Å². The molecule has 2 amide bonds. The third-order valence-corrected chi connectivity index (χ3v) is 8.15. The number of benzene rings is 1. The minimum Gasteiger partial charge on any atom is -0.384 e. The minimum absolute atomic E-state index is 0.212. The van der Waals surface area contributed by atoms with Gasteiger partial charge in [0, 0.05) is 23.9 Å². The fourth-order valence-electron chi connectivity index (χ4n) is 3.55. The number of nitrogens with zero attached hydrogens (tertiary/aromatic N) is 2. The molecule has 1 aliphatic heterocycles. The van der Waals surface area contributed by atoms with Crippen molar-refractivity contribution in [2.24, 2.45) is 5.73 Å². The number of hydrogen-bond acceptors (Lipinski definition) is 7. The average molecular weight is 403 g/mol. The molecule has 1 unspecified atom stereocenters. The number of urea groups is 1. The van der Waals surface area contributed by atoms with Crippen molar-refractivity contribution in [3.05, 3.63) is 36.0 Å². The quantitative estimate of drug-likeness (QED) is 0.683. The molecule has 1 aromatic carbocycles. The van der Waals surface area contributed by atoms with Gasteiger partial charge in [-0.05, 0) is 43.5 Å². The molecule has 10 heteroatoms. The molecule has 1 aromatic heterocycles. The molecule has 2 heterocycles. The Morgan fingerprint density at radius 1 is 1.21 bits per heavy atom. The number of anilines is 2. The fourth-order valence-corrected chi connectivity index (χ4v) is 5.94. The van der Waals surface area contributed by atoms with Gasteiger partial charge in [0.15, 0.2) is 15.7 Å². The molecule has 4 rings (SSSR count). The summed E-state index contributed by atoms with van der Waals surface area (Å²) in [5.74, 6) is 0.549. The van der Waals surface area contributed by atoms with Gasteiger partial charge in [0.2, 0.25) is 0 Å². The van der Waals surface area contributed by atoms with Crippen molar-refractivity contribution in [1.29, 1.82) is 0 Å². The number of carbonyl (C=O) groups excluding carboxylic acids is 1. The Labute approximate surface area is 162 Å². The van der Waals surface area contributed by atoms with E-state index in [1.54, 1.807) is 30.3 Å². The van der Waals surface area contributed by atoms with Crippen LogP contribution in [-0.2, 0) is 19.3 Å². The number of primary amides is 1. The van der Waals surface area contributed by atoms with Crippen LogP contribution < -0.4 is 16.8 Å². The first kappa shape index (κ1) is 18.6. The maximum atomic E-state index is 13.2. The van der Waals surface area contributed by atoms with Crippen molar-refractivity contribution in [3.8, 4) is 11.4 Å². The van der Waals surface area contributed by atoms with E-state index in [4.69, 9.17) is 16.2 Å². The number of rotatable bonds is 5. The second-order valence-corrected chi connectivity index (χ2v) is 9.63. The normalized spacial score (nSPS) is 20.6. The molecular formula is C18H21N5O4S. The molecule has 2 aliphatic rings. The van der Waals surface area contributed by atoms with E-state index in [1.807, 2.05) is 0 Å². The smallest absolute Gasteiger partial charge is 0.316 e. The average Bonchev–Trinajstić information content (AvgIpc) is 3.29. The van der Waals surface area contributed by atoms with Gasteiger partial charge in [-0.1, -0.05) is 0 Å². The van der Waals surface area contributed by atoms with Gasteiger partial charge < -0.3 is 21.5 Å². The zero-order chi connectivity index (χ0) is 19.9. The van der Waals surface area contributed by atoms with E-state index in [9.17, 15) is 13.2 Å². The summed E-state index contributed by atoms with van der Waals surface area (Å²) in [6, 6.07) is 7.63. The number of nitrogens with one attached hydrogen (secondary N) is 1. The number of ether oxygens (including phenoxy) is 1. The molecule has 1 saturated carbocycles. The molecule has 1 atom stereocenters. The molecule has 5 N–H and O–H groups in total. The first-order chi connectivity index (χ1) is 13.3. The van der Waals surface area contributed by atoms with Gasteiger partial charge in [-0.3, -0.25) is 0 Å². The number of carbonyl (C=O) groups is 1. The summed E-state index contributed by atoms with van der Waals surface area (Å²) < 4.78 is 30.7. The lowest BCUT2D eigenvalue weighted by atomic mass is 10.1. The van der Waals surface area contributed by atoms with E-state index < -0.39 is 25.9 Å². The zero-order valence-corrected chi connectivity index (χ0v) is 15.9. The van der Waals surface area contributed by atoms with Crippen LogP contribution in [0, 0.1) is 0 Å². The van der Waals surface area contributed by atoms with Crippen LogP contribution in [0.2, 0.25) is 0 Å². The Hall–Kier alpha value is -2.72. The summed E-state index contributed by atoms with van der Waals surface area (Å²) in [7, 11) is -3.45. The number of nitrogens with two attached hydrogens (primary N) is 2. The molecule has 1 saturated heterocycles. The largest absolute Gasteiger partial charge is 0.384 e. The maximum Gasteiger partial charge on any atom is 0.316 e. The third kappa shape index (κ3) is 3.18. The molecule has 2 aromatic rings. The second kappa shape index (κ2) is 6.71. The van der Waals surface area contributed by atoms with Gasteiger partial charge in [-0.25, -0.2) is 23.2 Å².